The summed E-state index contributed by atoms with van der Waals surface area (Å²) in [6.07, 6.45) is 0.491. The first-order valence-electron chi connectivity index (χ1n) is 5.76. The van der Waals surface area contributed by atoms with Gasteiger partial charge >= 0.3 is 6.09 Å². The molecule has 1 aromatic rings. The number of anilines is 1. The van der Waals surface area contributed by atoms with E-state index < -0.39 is 15.9 Å². The van der Waals surface area contributed by atoms with Gasteiger partial charge < -0.3 is 15.4 Å². The van der Waals surface area contributed by atoms with Crippen LogP contribution in [0, 0.1) is 0 Å². The van der Waals surface area contributed by atoms with E-state index in [1.165, 1.54) is 0 Å². The highest BCUT2D eigenvalue weighted by Crippen LogP contribution is 2.09. The van der Waals surface area contributed by atoms with Crippen molar-refractivity contribution in [3.05, 3.63) is 29.8 Å². The van der Waals surface area contributed by atoms with Gasteiger partial charge in [-0.15, -0.1) is 0 Å². The number of carbonyl (C=O) groups excluding carboxylic acids is 1. The molecule has 0 atom stereocenters. The number of hydrogen-bond acceptors (Lipinski definition) is 5. The number of alkyl carbamates (subject to hydrolysis) is 1. The third-order valence-electron chi connectivity index (χ3n) is 2.35. The Morgan fingerprint density at radius 2 is 1.89 bits per heavy atom. The molecule has 0 heterocycles. The van der Waals surface area contributed by atoms with Crippen LogP contribution >= 0.6 is 0 Å². The van der Waals surface area contributed by atoms with E-state index >= 15 is 0 Å². The van der Waals surface area contributed by atoms with Crippen LogP contribution in [0.15, 0.2) is 24.3 Å². The van der Waals surface area contributed by atoms with Crippen molar-refractivity contribution in [2.75, 3.05) is 30.9 Å². The summed E-state index contributed by atoms with van der Waals surface area (Å²) in [5.41, 5.74) is 1.83. The van der Waals surface area contributed by atoms with Gasteiger partial charge in [-0.3, -0.25) is 0 Å². The standard InChI is InChI=1S/C12H18N2O4S/c1-13-11-5-3-10(4-6-11)9-18-12(15)14-7-8-19(2,16)17/h3-6,13H,7-9H2,1-2H3,(H,14,15). The van der Waals surface area contributed by atoms with Crippen LogP contribution in [0.4, 0.5) is 10.5 Å². The summed E-state index contributed by atoms with van der Waals surface area (Å²) in [5, 5.41) is 5.36. The molecule has 0 saturated heterocycles. The van der Waals surface area contributed by atoms with Crippen LogP contribution in [0.25, 0.3) is 0 Å². The zero-order valence-corrected chi connectivity index (χ0v) is 11.8. The molecule has 0 saturated carbocycles. The minimum absolute atomic E-state index is 0.0519. The lowest BCUT2D eigenvalue weighted by Gasteiger charge is -2.07. The van der Waals surface area contributed by atoms with Crippen molar-refractivity contribution in [3.63, 3.8) is 0 Å². The van der Waals surface area contributed by atoms with E-state index in [-0.39, 0.29) is 18.9 Å². The summed E-state index contributed by atoms with van der Waals surface area (Å²) >= 11 is 0. The van der Waals surface area contributed by atoms with Crippen molar-refractivity contribution in [3.8, 4) is 0 Å². The molecule has 1 amide bonds. The van der Waals surface area contributed by atoms with Crippen LogP contribution < -0.4 is 10.6 Å². The molecule has 0 aromatic heterocycles. The van der Waals surface area contributed by atoms with Gasteiger partial charge in [-0.2, -0.15) is 0 Å². The molecule has 106 valence electrons. The van der Waals surface area contributed by atoms with E-state index in [1.54, 1.807) is 0 Å². The maximum Gasteiger partial charge on any atom is 0.407 e. The third-order valence-corrected chi connectivity index (χ3v) is 3.30. The molecule has 19 heavy (non-hydrogen) atoms. The summed E-state index contributed by atoms with van der Waals surface area (Å²) in [6, 6.07) is 7.44. The Labute approximate surface area is 113 Å². The largest absolute Gasteiger partial charge is 0.445 e. The van der Waals surface area contributed by atoms with Crippen LogP contribution in [0.2, 0.25) is 0 Å². The van der Waals surface area contributed by atoms with Crippen molar-refractivity contribution in [2.45, 2.75) is 6.61 Å². The molecule has 2 N–H and O–H groups in total. The van der Waals surface area contributed by atoms with Crippen molar-refractivity contribution < 1.29 is 17.9 Å². The normalized spacial score (nSPS) is 10.8. The lowest BCUT2D eigenvalue weighted by atomic mass is 10.2. The van der Waals surface area contributed by atoms with E-state index in [0.717, 1.165) is 17.5 Å². The van der Waals surface area contributed by atoms with Gasteiger partial charge in [0, 0.05) is 25.5 Å². The van der Waals surface area contributed by atoms with Crippen LogP contribution in [-0.2, 0) is 21.2 Å². The minimum atomic E-state index is -3.07. The van der Waals surface area contributed by atoms with E-state index in [4.69, 9.17) is 4.74 Å². The zero-order valence-electron chi connectivity index (χ0n) is 11.0. The molecule has 0 bridgehead atoms. The number of carbonyl (C=O) groups is 1. The Kier molecular flexibility index (Phi) is 5.62. The minimum Gasteiger partial charge on any atom is -0.445 e. The van der Waals surface area contributed by atoms with Crippen molar-refractivity contribution in [2.24, 2.45) is 0 Å². The highest BCUT2D eigenvalue weighted by Gasteiger charge is 2.05. The van der Waals surface area contributed by atoms with Gasteiger partial charge in [-0.1, -0.05) is 12.1 Å². The SMILES string of the molecule is CNc1ccc(COC(=O)NCCS(C)(=O)=O)cc1. The van der Waals surface area contributed by atoms with E-state index in [0.29, 0.717) is 0 Å². The molecule has 1 rings (SSSR count). The summed E-state index contributed by atoms with van der Waals surface area (Å²) in [7, 11) is -1.25. The fourth-order valence-corrected chi connectivity index (χ4v) is 1.78. The van der Waals surface area contributed by atoms with Gasteiger partial charge in [0.25, 0.3) is 0 Å². The molecule has 7 heteroatoms. The number of rotatable bonds is 6. The third kappa shape index (κ3) is 6.66. The highest BCUT2D eigenvalue weighted by atomic mass is 32.2. The Hall–Kier alpha value is -1.76. The number of hydrogen-bond donors (Lipinski definition) is 2. The molecular formula is C12H18N2O4S. The molecule has 0 aliphatic rings. The predicted molar refractivity (Wildman–Crippen MR) is 73.9 cm³/mol. The van der Waals surface area contributed by atoms with Crippen LogP contribution in [-0.4, -0.2) is 40.1 Å². The number of amides is 1. The lowest BCUT2D eigenvalue weighted by molar-refractivity contribution is 0.140. The first-order chi connectivity index (χ1) is 8.90. The fraction of sp³-hybridized carbons (Fsp3) is 0.417. The molecule has 0 unspecified atom stereocenters. The molecule has 0 spiro atoms. The second-order valence-corrected chi connectivity index (χ2v) is 6.34. The Morgan fingerprint density at radius 1 is 1.26 bits per heavy atom. The maximum absolute atomic E-state index is 11.3. The van der Waals surface area contributed by atoms with Crippen LogP contribution in [0.3, 0.4) is 0 Å². The topological polar surface area (TPSA) is 84.5 Å². The van der Waals surface area contributed by atoms with Gasteiger partial charge in [0.15, 0.2) is 0 Å². The first-order valence-corrected chi connectivity index (χ1v) is 7.82. The summed E-state index contributed by atoms with van der Waals surface area (Å²) in [6.45, 7) is 0.199. The second kappa shape index (κ2) is 6.98. The molecule has 1 aromatic carbocycles. The summed E-state index contributed by atoms with van der Waals surface area (Å²) in [4.78, 5) is 11.3. The van der Waals surface area contributed by atoms with Gasteiger partial charge in [0.1, 0.15) is 16.4 Å². The fourth-order valence-electron chi connectivity index (χ4n) is 1.31. The Balaban J connectivity index is 2.29. The number of nitrogens with one attached hydrogen (secondary N) is 2. The van der Waals surface area contributed by atoms with E-state index in [1.807, 2.05) is 31.3 Å². The predicted octanol–water partition coefficient (Wildman–Crippen LogP) is 0.999. The van der Waals surface area contributed by atoms with Crippen LogP contribution in [0.1, 0.15) is 5.56 Å². The smallest absolute Gasteiger partial charge is 0.407 e. The number of ether oxygens (including phenoxy) is 1. The Bertz CT molecular complexity index is 511. The molecule has 0 fully saturated rings. The summed E-state index contributed by atoms with van der Waals surface area (Å²) < 4.78 is 26.7. The zero-order chi connectivity index (χ0) is 14.3. The Morgan fingerprint density at radius 3 is 2.42 bits per heavy atom. The van der Waals surface area contributed by atoms with Gasteiger partial charge in [0.05, 0.1) is 5.75 Å². The number of sulfone groups is 1. The number of benzene rings is 1. The highest BCUT2D eigenvalue weighted by molar-refractivity contribution is 7.90. The van der Waals surface area contributed by atoms with Gasteiger partial charge in [0.2, 0.25) is 0 Å². The molecular weight excluding hydrogens is 268 g/mol. The second-order valence-electron chi connectivity index (χ2n) is 4.08. The molecule has 6 nitrogen and oxygen atoms in total. The van der Waals surface area contributed by atoms with E-state index in [2.05, 4.69) is 10.6 Å². The molecule has 0 radical (unpaired) electrons. The quantitative estimate of drug-likeness (QED) is 0.815. The molecule has 0 aliphatic heterocycles. The average molecular weight is 286 g/mol. The van der Waals surface area contributed by atoms with Crippen molar-refractivity contribution in [1.82, 2.24) is 5.32 Å². The monoisotopic (exact) mass is 286 g/mol. The lowest BCUT2D eigenvalue weighted by Crippen LogP contribution is -2.29. The maximum atomic E-state index is 11.3. The summed E-state index contributed by atoms with van der Waals surface area (Å²) in [5.74, 6) is -0.0982. The molecule has 0 aliphatic carbocycles. The van der Waals surface area contributed by atoms with Crippen molar-refractivity contribution in [1.29, 1.82) is 0 Å². The average Bonchev–Trinajstić information content (AvgIpc) is 2.35. The van der Waals surface area contributed by atoms with E-state index in [9.17, 15) is 13.2 Å². The van der Waals surface area contributed by atoms with Crippen molar-refractivity contribution >= 4 is 21.6 Å². The first kappa shape index (κ1) is 15.3. The van der Waals surface area contributed by atoms with Gasteiger partial charge in [-0.05, 0) is 17.7 Å². The van der Waals surface area contributed by atoms with Crippen LogP contribution in [0.5, 0.6) is 0 Å². The van der Waals surface area contributed by atoms with Gasteiger partial charge in [-0.25, -0.2) is 13.2 Å².